The van der Waals surface area contributed by atoms with Crippen molar-refractivity contribution in [2.24, 2.45) is 5.73 Å². The van der Waals surface area contributed by atoms with Crippen LogP contribution in [0, 0.1) is 0 Å². The molecule has 0 bridgehead atoms. The van der Waals surface area contributed by atoms with E-state index in [1.54, 1.807) is 6.20 Å². The summed E-state index contributed by atoms with van der Waals surface area (Å²) in [5.41, 5.74) is 5.19. The molecule has 0 radical (unpaired) electrons. The number of anilines is 1. The van der Waals surface area contributed by atoms with E-state index in [2.05, 4.69) is 10.3 Å². The number of rotatable bonds is 2. The Balaban J connectivity index is 1.99. The third-order valence-electron chi connectivity index (χ3n) is 2.35. The number of thiazole rings is 1. The number of amides is 1. The molecule has 1 amide bonds. The molecule has 13 heavy (non-hydrogen) atoms. The van der Waals surface area contributed by atoms with Gasteiger partial charge in [-0.25, -0.2) is 4.98 Å². The fraction of sp³-hybridized carbons (Fsp3) is 0.500. The van der Waals surface area contributed by atoms with Gasteiger partial charge in [-0.3, -0.25) is 4.79 Å². The van der Waals surface area contributed by atoms with Gasteiger partial charge in [0.05, 0.1) is 5.54 Å². The molecular weight excluding hydrogens is 186 g/mol. The lowest BCUT2D eigenvalue weighted by Crippen LogP contribution is -2.56. The Bertz CT molecular complexity index is 305. The monoisotopic (exact) mass is 197 g/mol. The molecule has 0 spiro atoms. The lowest BCUT2D eigenvalue weighted by molar-refractivity contribution is -0.123. The van der Waals surface area contributed by atoms with Gasteiger partial charge in [0, 0.05) is 11.6 Å². The zero-order chi connectivity index (χ0) is 9.31. The van der Waals surface area contributed by atoms with E-state index in [1.807, 2.05) is 5.38 Å². The van der Waals surface area contributed by atoms with Crippen molar-refractivity contribution in [3.8, 4) is 0 Å². The molecule has 1 aromatic heterocycles. The molecule has 4 nitrogen and oxygen atoms in total. The molecular formula is C8H11N3OS. The van der Waals surface area contributed by atoms with Crippen molar-refractivity contribution in [3.63, 3.8) is 0 Å². The van der Waals surface area contributed by atoms with Crippen LogP contribution in [-0.2, 0) is 4.79 Å². The summed E-state index contributed by atoms with van der Waals surface area (Å²) in [5, 5.41) is 5.15. The van der Waals surface area contributed by atoms with Crippen LogP contribution in [0.1, 0.15) is 19.3 Å². The van der Waals surface area contributed by atoms with E-state index in [-0.39, 0.29) is 5.91 Å². The van der Waals surface area contributed by atoms with E-state index >= 15 is 0 Å². The van der Waals surface area contributed by atoms with Crippen LogP contribution in [0.25, 0.3) is 0 Å². The molecule has 0 saturated heterocycles. The number of carbonyl (C=O) groups excluding carboxylic acids is 1. The maximum absolute atomic E-state index is 11.5. The second kappa shape index (κ2) is 3.08. The Kier molecular flexibility index (Phi) is 2.05. The SMILES string of the molecule is NC1(C(=O)Nc2nccs2)CCC1. The number of nitrogens with one attached hydrogen (secondary N) is 1. The van der Waals surface area contributed by atoms with Gasteiger partial charge in [-0.15, -0.1) is 11.3 Å². The summed E-state index contributed by atoms with van der Waals surface area (Å²) in [6, 6.07) is 0. The van der Waals surface area contributed by atoms with Crippen LogP contribution in [0.2, 0.25) is 0 Å². The maximum Gasteiger partial charge on any atom is 0.246 e. The first-order chi connectivity index (χ1) is 6.21. The molecule has 0 aliphatic heterocycles. The van der Waals surface area contributed by atoms with Crippen molar-refractivity contribution < 1.29 is 4.79 Å². The Labute approximate surface area is 80.2 Å². The smallest absolute Gasteiger partial charge is 0.246 e. The molecule has 1 aliphatic rings. The predicted molar refractivity (Wildman–Crippen MR) is 51.5 cm³/mol. The van der Waals surface area contributed by atoms with E-state index < -0.39 is 5.54 Å². The standard InChI is InChI=1S/C8H11N3OS/c9-8(2-1-3-8)6(12)11-7-10-4-5-13-7/h4-5H,1-3,9H2,(H,10,11,12). The summed E-state index contributed by atoms with van der Waals surface area (Å²) in [6.07, 6.45) is 4.26. The lowest BCUT2D eigenvalue weighted by Gasteiger charge is -2.35. The highest BCUT2D eigenvalue weighted by Crippen LogP contribution is 2.30. The highest BCUT2D eigenvalue weighted by molar-refractivity contribution is 7.13. The van der Waals surface area contributed by atoms with Crippen LogP contribution in [0.3, 0.4) is 0 Å². The Morgan fingerprint density at radius 3 is 2.92 bits per heavy atom. The van der Waals surface area contributed by atoms with Crippen LogP contribution in [0.15, 0.2) is 11.6 Å². The third-order valence-corrected chi connectivity index (χ3v) is 3.04. The maximum atomic E-state index is 11.5. The van der Waals surface area contributed by atoms with Crippen molar-refractivity contribution in [3.05, 3.63) is 11.6 Å². The van der Waals surface area contributed by atoms with Gasteiger partial charge >= 0.3 is 0 Å². The van der Waals surface area contributed by atoms with Gasteiger partial charge in [-0.05, 0) is 19.3 Å². The van der Waals surface area contributed by atoms with Crippen molar-refractivity contribution in [2.75, 3.05) is 5.32 Å². The van der Waals surface area contributed by atoms with Gasteiger partial charge in [0.1, 0.15) is 0 Å². The van der Waals surface area contributed by atoms with Crippen LogP contribution in [0.5, 0.6) is 0 Å². The zero-order valence-electron chi connectivity index (χ0n) is 7.12. The Morgan fingerprint density at radius 2 is 2.46 bits per heavy atom. The minimum atomic E-state index is -0.633. The van der Waals surface area contributed by atoms with Crippen LogP contribution in [-0.4, -0.2) is 16.4 Å². The molecule has 3 N–H and O–H groups in total. The van der Waals surface area contributed by atoms with Gasteiger partial charge in [0.15, 0.2) is 5.13 Å². The quantitative estimate of drug-likeness (QED) is 0.742. The minimum Gasteiger partial charge on any atom is -0.317 e. The second-order valence-corrected chi connectivity index (χ2v) is 4.20. The number of nitrogens with two attached hydrogens (primary N) is 1. The Morgan fingerprint density at radius 1 is 1.69 bits per heavy atom. The van der Waals surface area contributed by atoms with Crippen LogP contribution >= 0.6 is 11.3 Å². The van der Waals surface area contributed by atoms with E-state index in [1.165, 1.54) is 11.3 Å². The summed E-state index contributed by atoms with van der Waals surface area (Å²) >= 11 is 1.40. The molecule has 0 aromatic carbocycles. The largest absolute Gasteiger partial charge is 0.317 e. The molecule has 1 saturated carbocycles. The van der Waals surface area contributed by atoms with Gasteiger partial charge in [0.25, 0.3) is 0 Å². The molecule has 0 atom stereocenters. The average molecular weight is 197 g/mol. The molecule has 1 aromatic rings. The molecule has 1 aliphatic carbocycles. The molecule has 0 unspecified atom stereocenters. The third kappa shape index (κ3) is 1.57. The first-order valence-electron chi connectivity index (χ1n) is 4.20. The summed E-state index contributed by atoms with van der Waals surface area (Å²) < 4.78 is 0. The van der Waals surface area contributed by atoms with Gasteiger partial charge < -0.3 is 11.1 Å². The highest BCUT2D eigenvalue weighted by Gasteiger charge is 2.40. The molecule has 2 rings (SSSR count). The van der Waals surface area contributed by atoms with Crippen molar-refractivity contribution in [1.82, 2.24) is 4.98 Å². The summed E-state index contributed by atoms with van der Waals surface area (Å²) in [6.45, 7) is 0. The molecule has 5 heteroatoms. The van der Waals surface area contributed by atoms with Gasteiger partial charge in [0.2, 0.25) is 5.91 Å². The molecule has 1 heterocycles. The normalized spacial score (nSPS) is 19.2. The van der Waals surface area contributed by atoms with E-state index in [0.29, 0.717) is 5.13 Å². The van der Waals surface area contributed by atoms with Crippen molar-refractivity contribution >= 4 is 22.4 Å². The lowest BCUT2D eigenvalue weighted by atomic mass is 9.77. The number of nitrogens with zero attached hydrogens (tertiary/aromatic N) is 1. The topological polar surface area (TPSA) is 68.0 Å². The number of carbonyl (C=O) groups is 1. The number of hydrogen-bond acceptors (Lipinski definition) is 4. The zero-order valence-corrected chi connectivity index (χ0v) is 7.93. The molecule has 70 valence electrons. The average Bonchev–Trinajstić information content (AvgIpc) is 2.52. The summed E-state index contributed by atoms with van der Waals surface area (Å²) in [7, 11) is 0. The first kappa shape index (κ1) is 8.65. The van der Waals surface area contributed by atoms with E-state index in [4.69, 9.17) is 5.73 Å². The van der Waals surface area contributed by atoms with Crippen molar-refractivity contribution in [1.29, 1.82) is 0 Å². The Hall–Kier alpha value is -0.940. The van der Waals surface area contributed by atoms with Gasteiger partial charge in [-0.1, -0.05) is 0 Å². The molecule has 1 fully saturated rings. The second-order valence-electron chi connectivity index (χ2n) is 3.30. The van der Waals surface area contributed by atoms with E-state index in [9.17, 15) is 4.79 Å². The predicted octanol–water partition coefficient (Wildman–Crippen LogP) is 0.963. The highest BCUT2D eigenvalue weighted by atomic mass is 32.1. The number of aromatic nitrogens is 1. The first-order valence-corrected chi connectivity index (χ1v) is 5.08. The van der Waals surface area contributed by atoms with Gasteiger partial charge in [-0.2, -0.15) is 0 Å². The fourth-order valence-electron chi connectivity index (χ4n) is 1.29. The summed E-state index contributed by atoms with van der Waals surface area (Å²) in [4.78, 5) is 15.5. The van der Waals surface area contributed by atoms with Crippen LogP contribution < -0.4 is 11.1 Å². The summed E-state index contributed by atoms with van der Waals surface area (Å²) in [5.74, 6) is -0.103. The van der Waals surface area contributed by atoms with E-state index in [0.717, 1.165) is 19.3 Å². The number of hydrogen-bond donors (Lipinski definition) is 2. The van der Waals surface area contributed by atoms with Crippen LogP contribution in [0.4, 0.5) is 5.13 Å². The van der Waals surface area contributed by atoms with Crippen molar-refractivity contribution in [2.45, 2.75) is 24.8 Å². The minimum absolute atomic E-state index is 0.103. The fourth-order valence-corrected chi connectivity index (χ4v) is 1.82.